The second-order valence-corrected chi connectivity index (χ2v) is 8.33. The van der Waals surface area contributed by atoms with Gasteiger partial charge in [-0.2, -0.15) is 0 Å². The van der Waals surface area contributed by atoms with E-state index in [0.29, 0.717) is 36.5 Å². The summed E-state index contributed by atoms with van der Waals surface area (Å²) in [6.07, 6.45) is 5.63. The van der Waals surface area contributed by atoms with Gasteiger partial charge in [0, 0.05) is 51.4 Å². The van der Waals surface area contributed by atoms with Gasteiger partial charge in [-0.3, -0.25) is 9.59 Å². The predicted molar refractivity (Wildman–Crippen MR) is 106 cm³/mol. The topological polar surface area (TPSA) is 77.7 Å². The van der Waals surface area contributed by atoms with Gasteiger partial charge in [0.1, 0.15) is 5.69 Å². The van der Waals surface area contributed by atoms with Crippen molar-refractivity contribution in [1.29, 1.82) is 0 Å². The molecule has 28 heavy (non-hydrogen) atoms. The van der Waals surface area contributed by atoms with E-state index in [1.807, 2.05) is 13.0 Å². The van der Waals surface area contributed by atoms with E-state index in [-0.39, 0.29) is 17.9 Å². The lowest BCUT2D eigenvalue weighted by Crippen LogP contribution is -2.67. The van der Waals surface area contributed by atoms with Crippen LogP contribution < -0.4 is 5.32 Å². The molecule has 1 aromatic rings. The van der Waals surface area contributed by atoms with Crippen LogP contribution in [0.5, 0.6) is 0 Å². The summed E-state index contributed by atoms with van der Waals surface area (Å²) < 4.78 is 5.56. The van der Waals surface area contributed by atoms with Gasteiger partial charge in [0.2, 0.25) is 5.91 Å². The van der Waals surface area contributed by atoms with E-state index in [1.54, 1.807) is 12.3 Å². The molecule has 7 heteroatoms. The quantitative estimate of drug-likeness (QED) is 0.694. The zero-order valence-electron chi connectivity index (χ0n) is 16.7. The smallest absolute Gasteiger partial charge is 0.267 e. The number of fused-ring (bicyclic) bond motifs is 4. The monoisotopic (exact) mass is 388 g/mol. The first-order chi connectivity index (χ1) is 13.7. The van der Waals surface area contributed by atoms with E-state index in [4.69, 9.17) is 4.74 Å². The molecule has 3 aliphatic heterocycles. The summed E-state index contributed by atoms with van der Waals surface area (Å²) in [6, 6.07) is 4.00. The molecule has 154 valence electrons. The highest BCUT2D eigenvalue weighted by Crippen LogP contribution is 2.41. The van der Waals surface area contributed by atoms with Crippen LogP contribution in [0.25, 0.3) is 0 Å². The Balaban J connectivity index is 1.47. The maximum atomic E-state index is 12.8. The number of carbonyl (C=O) groups excluding carboxylic acids is 2. The molecule has 0 radical (unpaired) electrons. The number of hydrogen-bond acceptors (Lipinski definition) is 4. The average molecular weight is 389 g/mol. The first-order valence-electron chi connectivity index (χ1n) is 10.7. The van der Waals surface area contributed by atoms with E-state index in [9.17, 15) is 9.59 Å². The highest BCUT2D eigenvalue weighted by Gasteiger charge is 2.49. The Morgan fingerprint density at radius 3 is 3.00 bits per heavy atom. The molecule has 7 nitrogen and oxygen atoms in total. The molecule has 2 N–H and O–H groups in total. The van der Waals surface area contributed by atoms with Gasteiger partial charge in [-0.05, 0) is 50.2 Å². The van der Waals surface area contributed by atoms with E-state index in [2.05, 4.69) is 20.1 Å². The van der Waals surface area contributed by atoms with Gasteiger partial charge in [0.15, 0.2) is 0 Å². The molecule has 0 aromatic carbocycles. The molecular weight excluding hydrogens is 356 g/mol. The second-order valence-electron chi connectivity index (χ2n) is 8.33. The third kappa shape index (κ3) is 3.96. The molecule has 1 aromatic heterocycles. The summed E-state index contributed by atoms with van der Waals surface area (Å²) in [6.45, 7) is 7.04. The summed E-state index contributed by atoms with van der Waals surface area (Å²) in [7, 11) is 0. The molecule has 0 unspecified atom stereocenters. The Labute approximate surface area is 166 Å². The van der Waals surface area contributed by atoms with Crippen LogP contribution in [-0.2, 0) is 9.53 Å². The van der Waals surface area contributed by atoms with E-state index in [0.717, 1.165) is 52.1 Å². The number of amides is 2. The number of nitrogens with zero attached hydrogens (tertiary/aromatic N) is 2. The molecule has 4 rings (SSSR count). The fourth-order valence-electron chi connectivity index (χ4n) is 5.42. The van der Waals surface area contributed by atoms with Crippen LogP contribution in [-0.4, -0.2) is 78.1 Å². The minimum absolute atomic E-state index is 0.0860. The van der Waals surface area contributed by atoms with Crippen LogP contribution in [0.4, 0.5) is 0 Å². The van der Waals surface area contributed by atoms with E-state index < -0.39 is 0 Å². The van der Waals surface area contributed by atoms with Crippen molar-refractivity contribution < 1.29 is 14.3 Å². The lowest BCUT2D eigenvalue weighted by Gasteiger charge is -2.56. The molecule has 3 fully saturated rings. The SMILES string of the molecule is CCOCCN1C[C@H]2C[C@@H](C1)[C@H](CNC(=O)c1ccc[nH]1)N1C(=O)CCC[C@@H]21. The van der Waals surface area contributed by atoms with Crippen molar-refractivity contribution in [3.05, 3.63) is 24.0 Å². The van der Waals surface area contributed by atoms with Gasteiger partial charge in [0.25, 0.3) is 5.91 Å². The highest BCUT2D eigenvalue weighted by atomic mass is 16.5. The second kappa shape index (κ2) is 8.66. The van der Waals surface area contributed by atoms with Crippen molar-refractivity contribution in [2.75, 3.05) is 39.4 Å². The number of aromatic amines is 1. The fraction of sp³-hybridized carbons (Fsp3) is 0.714. The third-order valence-electron chi connectivity index (χ3n) is 6.64. The van der Waals surface area contributed by atoms with Gasteiger partial charge < -0.3 is 24.8 Å². The lowest BCUT2D eigenvalue weighted by molar-refractivity contribution is -0.152. The minimum atomic E-state index is -0.0999. The van der Waals surface area contributed by atoms with Crippen LogP contribution in [0.15, 0.2) is 18.3 Å². The summed E-state index contributed by atoms with van der Waals surface area (Å²) in [5.41, 5.74) is 0.567. The first kappa shape index (κ1) is 19.5. The number of H-pyrrole nitrogens is 1. The van der Waals surface area contributed by atoms with E-state index >= 15 is 0 Å². The number of piperidine rings is 3. The largest absolute Gasteiger partial charge is 0.380 e. The molecule has 4 atom stereocenters. The molecule has 2 bridgehead atoms. The van der Waals surface area contributed by atoms with Crippen LogP contribution in [0, 0.1) is 11.8 Å². The zero-order chi connectivity index (χ0) is 19.5. The van der Waals surface area contributed by atoms with Crippen molar-refractivity contribution in [1.82, 2.24) is 20.1 Å². The van der Waals surface area contributed by atoms with Crippen molar-refractivity contribution >= 4 is 11.8 Å². The van der Waals surface area contributed by atoms with Crippen LogP contribution in [0.1, 0.15) is 43.1 Å². The molecule has 3 saturated heterocycles. The maximum absolute atomic E-state index is 12.8. The standard InChI is InChI=1S/C21H32N4O3/c1-2-28-10-9-24-13-15-11-16(14-24)19(25-18(15)6-3-7-20(25)26)12-23-21(27)17-5-4-8-22-17/h4-5,8,15-16,18-19,22H,2-3,6-7,9-14H2,1H3,(H,23,27)/t15-,16+,18+,19+/m1/s1. The molecule has 0 saturated carbocycles. The average Bonchev–Trinajstić information content (AvgIpc) is 3.23. The number of ether oxygens (including phenoxy) is 1. The Morgan fingerprint density at radius 1 is 1.36 bits per heavy atom. The summed E-state index contributed by atoms with van der Waals surface area (Å²) in [5, 5.41) is 3.07. The van der Waals surface area contributed by atoms with Crippen molar-refractivity contribution in [2.45, 2.75) is 44.7 Å². The summed E-state index contributed by atoms with van der Waals surface area (Å²) in [4.78, 5) is 32.8. The van der Waals surface area contributed by atoms with E-state index in [1.165, 1.54) is 0 Å². The predicted octanol–water partition coefficient (Wildman–Crippen LogP) is 1.48. The normalized spacial score (nSPS) is 30.2. The highest BCUT2D eigenvalue weighted by molar-refractivity contribution is 5.92. The van der Waals surface area contributed by atoms with Gasteiger partial charge >= 0.3 is 0 Å². The van der Waals surface area contributed by atoms with Gasteiger partial charge in [-0.1, -0.05) is 0 Å². The van der Waals surface area contributed by atoms with Crippen LogP contribution in [0.2, 0.25) is 0 Å². The van der Waals surface area contributed by atoms with Crippen molar-refractivity contribution in [3.8, 4) is 0 Å². The lowest BCUT2D eigenvalue weighted by atomic mass is 9.72. The first-order valence-corrected chi connectivity index (χ1v) is 10.7. The molecule has 3 aliphatic rings. The number of carbonyl (C=O) groups is 2. The molecular formula is C21H32N4O3. The number of aromatic nitrogens is 1. The Hall–Kier alpha value is -1.86. The number of hydrogen-bond donors (Lipinski definition) is 2. The van der Waals surface area contributed by atoms with Gasteiger partial charge in [-0.25, -0.2) is 0 Å². The Kier molecular flexibility index (Phi) is 6.01. The van der Waals surface area contributed by atoms with Crippen LogP contribution >= 0.6 is 0 Å². The molecule has 0 aliphatic carbocycles. The molecule has 0 spiro atoms. The number of likely N-dealkylation sites (tertiary alicyclic amines) is 1. The van der Waals surface area contributed by atoms with Gasteiger partial charge in [0.05, 0.1) is 12.6 Å². The molecule has 2 amide bonds. The molecule has 4 heterocycles. The maximum Gasteiger partial charge on any atom is 0.267 e. The van der Waals surface area contributed by atoms with Crippen molar-refractivity contribution in [3.63, 3.8) is 0 Å². The summed E-state index contributed by atoms with van der Waals surface area (Å²) >= 11 is 0. The fourth-order valence-corrected chi connectivity index (χ4v) is 5.42. The Bertz CT molecular complexity index is 677. The van der Waals surface area contributed by atoms with Crippen LogP contribution in [0.3, 0.4) is 0 Å². The Morgan fingerprint density at radius 2 is 2.21 bits per heavy atom. The third-order valence-corrected chi connectivity index (χ3v) is 6.64. The summed E-state index contributed by atoms with van der Waals surface area (Å²) in [5.74, 6) is 1.12. The zero-order valence-corrected chi connectivity index (χ0v) is 16.7. The van der Waals surface area contributed by atoms with Crippen molar-refractivity contribution in [2.24, 2.45) is 11.8 Å². The van der Waals surface area contributed by atoms with Gasteiger partial charge in [-0.15, -0.1) is 0 Å². The minimum Gasteiger partial charge on any atom is -0.380 e. The number of nitrogens with one attached hydrogen (secondary N) is 2. The number of rotatable bonds is 7.